The smallest absolute Gasteiger partial charge is 0.320 e. The minimum Gasteiger partial charge on any atom is -0.459 e. The maximum absolute atomic E-state index is 13.5. The Bertz CT molecular complexity index is 1700. The molecule has 1 fully saturated rings. The SMILES string of the molecule is CC(C)(C)OC(=O)CN1CCN(CCN(CC(=O)OC(C)(C)C)CC(=O)OC(C)(C)C)CCN(CC(CCCc2ccc([N+](=O)[O-])cc2)N(CC(=O)OC(C)(C)C)CC(=O)OC(C)(C)C)CC1. The minimum absolute atomic E-state index is 0.00377. The van der Waals surface area contributed by atoms with Gasteiger partial charge in [-0.05, 0) is 129 Å². The fraction of sp³-hybridized carbons (Fsp3) is 0.776. The quantitative estimate of drug-likeness (QED) is 0.0648. The predicted molar refractivity (Wildman–Crippen MR) is 256 cm³/mol. The van der Waals surface area contributed by atoms with E-state index in [1.165, 1.54) is 12.1 Å². The summed E-state index contributed by atoms with van der Waals surface area (Å²) in [5.74, 6) is -2.25. The molecule has 0 radical (unpaired) electrons. The number of hydrogen-bond donors (Lipinski definition) is 0. The molecular formula is C49H84N6O12. The highest BCUT2D eigenvalue weighted by molar-refractivity contribution is 5.76. The molecule has 1 unspecified atom stereocenters. The maximum atomic E-state index is 13.5. The van der Waals surface area contributed by atoms with Crippen LogP contribution in [-0.4, -0.2) is 185 Å². The van der Waals surface area contributed by atoms with Gasteiger partial charge in [0.2, 0.25) is 0 Å². The van der Waals surface area contributed by atoms with Crippen LogP contribution in [0.5, 0.6) is 0 Å². The Labute approximate surface area is 400 Å². The third-order valence-corrected chi connectivity index (χ3v) is 9.89. The Balaban J connectivity index is 2.54. The Kier molecular flexibility index (Phi) is 22.8. The lowest BCUT2D eigenvalue weighted by molar-refractivity contribution is -0.384. The lowest BCUT2D eigenvalue weighted by atomic mass is 10.0. The van der Waals surface area contributed by atoms with Crippen molar-refractivity contribution >= 4 is 35.5 Å². The van der Waals surface area contributed by atoms with E-state index >= 15 is 0 Å². The van der Waals surface area contributed by atoms with Gasteiger partial charge in [-0.3, -0.25) is 58.6 Å². The van der Waals surface area contributed by atoms with Crippen LogP contribution in [-0.2, 0) is 54.1 Å². The van der Waals surface area contributed by atoms with Gasteiger partial charge in [0, 0.05) is 77.1 Å². The van der Waals surface area contributed by atoms with Crippen LogP contribution >= 0.6 is 0 Å². The molecule has 382 valence electrons. The van der Waals surface area contributed by atoms with E-state index in [-0.39, 0.29) is 50.4 Å². The van der Waals surface area contributed by atoms with Gasteiger partial charge < -0.3 is 23.7 Å². The second-order valence-electron chi connectivity index (χ2n) is 22.4. The first-order valence-electron chi connectivity index (χ1n) is 23.6. The van der Waals surface area contributed by atoms with Crippen molar-refractivity contribution in [2.75, 3.05) is 91.6 Å². The van der Waals surface area contributed by atoms with Crippen LogP contribution in [0.25, 0.3) is 0 Å². The fourth-order valence-corrected chi connectivity index (χ4v) is 7.32. The molecule has 1 aromatic carbocycles. The number of nitrogens with zero attached hydrogens (tertiary/aromatic N) is 6. The average molecular weight is 949 g/mol. The van der Waals surface area contributed by atoms with E-state index in [0.717, 1.165) is 5.56 Å². The van der Waals surface area contributed by atoms with Crippen LogP contribution in [0.3, 0.4) is 0 Å². The molecule has 2 rings (SSSR count). The molecule has 1 aromatic rings. The van der Waals surface area contributed by atoms with Crippen LogP contribution in [0.15, 0.2) is 24.3 Å². The first kappa shape index (κ1) is 58.9. The highest BCUT2D eigenvalue weighted by Crippen LogP contribution is 2.20. The molecular weight excluding hydrogens is 865 g/mol. The Morgan fingerprint density at radius 3 is 1.34 bits per heavy atom. The van der Waals surface area contributed by atoms with E-state index in [1.54, 1.807) is 100 Å². The third kappa shape index (κ3) is 28.0. The maximum Gasteiger partial charge on any atom is 0.320 e. The Hall–Kier alpha value is -4.23. The van der Waals surface area contributed by atoms with Gasteiger partial charge >= 0.3 is 29.8 Å². The number of nitro groups is 1. The number of nitro benzene ring substituents is 1. The molecule has 0 aromatic heterocycles. The second kappa shape index (κ2) is 25.9. The summed E-state index contributed by atoms with van der Waals surface area (Å²) >= 11 is 0. The number of carbonyl (C=O) groups is 5. The summed E-state index contributed by atoms with van der Waals surface area (Å²) in [6, 6.07) is 6.09. The summed E-state index contributed by atoms with van der Waals surface area (Å²) in [5.41, 5.74) is -2.71. The first-order chi connectivity index (χ1) is 30.6. The topological polar surface area (TPSA) is 191 Å². The molecule has 0 amide bonds. The molecule has 0 bridgehead atoms. The van der Waals surface area contributed by atoms with Crippen molar-refractivity contribution in [3.05, 3.63) is 39.9 Å². The molecule has 18 nitrogen and oxygen atoms in total. The molecule has 67 heavy (non-hydrogen) atoms. The summed E-state index contributed by atoms with van der Waals surface area (Å²) in [7, 11) is 0. The van der Waals surface area contributed by atoms with Crippen molar-refractivity contribution in [1.82, 2.24) is 24.5 Å². The molecule has 0 aliphatic carbocycles. The number of aryl methyl sites for hydroxylation is 1. The normalized spacial score (nSPS) is 15.8. The monoisotopic (exact) mass is 949 g/mol. The van der Waals surface area contributed by atoms with Crippen molar-refractivity contribution in [3.8, 4) is 0 Å². The van der Waals surface area contributed by atoms with Crippen molar-refractivity contribution in [2.24, 2.45) is 0 Å². The number of esters is 5. The van der Waals surface area contributed by atoms with Crippen molar-refractivity contribution in [2.45, 2.75) is 157 Å². The number of benzene rings is 1. The number of non-ortho nitro benzene ring substituents is 1. The second-order valence-corrected chi connectivity index (χ2v) is 22.4. The van der Waals surface area contributed by atoms with E-state index in [9.17, 15) is 34.1 Å². The highest BCUT2D eigenvalue weighted by atomic mass is 16.6. The lowest BCUT2D eigenvalue weighted by Crippen LogP contribution is -2.51. The molecule has 18 heteroatoms. The lowest BCUT2D eigenvalue weighted by Gasteiger charge is -2.36. The van der Waals surface area contributed by atoms with Crippen LogP contribution in [0.1, 0.15) is 122 Å². The Morgan fingerprint density at radius 1 is 0.567 bits per heavy atom. The van der Waals surface area contributed by atoms with Gasteiger partial charge in [0.1, 0.15) is 28.0 Å². The summed E-state index contributed by atoms with van der Waals surface area (Å²) < 4.78 is 28.5. The van der Waals surface area contributed by atoms with Gasteiger partial charge in [-0.25, -0.2) is 0 Å². The zero-order chi connectivity index (χ0) is 51.0. The van der Waals surface area contributed by atoms with Crippen LogP contribution in [0.2, 0.25) is 0 Å². The highest BCUT2D eigenvalue weighted by Gasteiger charge is 2.31. The van der Waals surface area contributed by atoms with Gasteiger partial charge in [0.25, 0.3) is 5.69 Å². The van der Waals surface area contributed by atoms with Crippen molar-refractivity contribution in [3.63, 3.8) is 0 Å². The summed E-state index contributed by atoms with van der Waals surface area (Å²) in [6.45, 7) is 31.0. The average Bonchev–Trinajstić information content (AvgIpc) is 3.20. The summed E-state index contributed by atoms with van der Waals surface area (Å²) in [4.78, 5) is 87.5. The molecule has 1 aliphatic heterocycles. The number of hydrogen-bond acceptors (Lipinski definition) is 17. The molecule has 0 saturated carbocycles. The predicted octanol–water partition coefficient (Wildman–Crippen LogP) is 5.52. The third-order valence-electron chi connectivity index (χ3n) is 9.89. The van der Waals surface area contributed by atoms with Crippen molar-refractivity contribution in [1.29, 1.82) is 0 Å². The van der Waals surface area contributed by atoms with Gasteiger partial charge in [-0.1, -0.05) is 12.1 Å². The molecule has 0 spiro atoms. The molecule has 1 heterocycles. The number of ether oxygens (including phenoxy) is 5. The largest absolute Gasteiger partial charge is 0.459 e. The van der Waals surface area contributed by atoms with Crippen LogP contribution in [0.4, 0.5) is 5.69 Å². The van der Waals surface area contributed by atoms with E-state index < -0.39 is 56.8 Å². The van der Waals surface area contributed by atoms with E-state index in [0.29, 0.717) is 78.2 Å². The summed E-state index contributed by atoms with van der Waals surface area (Å²) in [6.07, 6.45) is 1.79. The molecule has 0 N–H and O–H groups in total. The summed E-state index contributed by atoms with van der Waals surface area (Å²) in [5, 5.41) is 11.3. The van der Waals surface area contributed by atoms with Crippen LogP contribution in [0, 0.1) is 10.1 Å². The molecule has 1 saturated heterocycles. The van der Waals surface area contributed by atoms with Gasteiger partial charge in [0.15, 0.2) is 0 Å². The molecule has 1 aliphatic rings. The fourth-order valence-electron chi connectivity index (χ4n) is 7.32. The zero-order valence-corrected chi connectivity index (χ0v) is 43.5. The van der Waals surface area contributed by atoms with Gasteiger partial charge in [-0.15, -0.1) is 0 Å². The zero-order valence-electron chi connectivity index (χ0n) is 43.5. The number of carbonyl (C=O) groups excluding carboxylic acids is 5. The number of rotatable bonds is 21. The van der Waals surface area contributed by atoms with E-state index in [1.807, 2.05) is 25.7 Å². The minimum atomic E-state index is -0.766. The molecule has 1 atom stereocenters. The van der Waals surface area contributed by atoms with E-state index in [2.05, 4.69) is 14.7 Å². The standard InChI is InChI=1S/C49H84N6O12/c1-45(2,3)63-40(56)32-52-27-24-50(25-30-53(33-41(57)64-46(4,5)6)34-42(58)65-47(7,8)9)23-26-51(28-29-52)31-39(18-16-17-37-19-21-38(22-20-37)55(61)62)54(35-43(59)66-48(10,11)12)36-44(60)67-49(13,14)15/h19-22,39H,16-18,23-36H2,1-15H3. The first-order valence-corrected chi connectivity index (χ1v) is 23.6. The van der Waals surface area contributed by atoms with Gasteiger partial charge in [0.05, 0.1) is 37.6 Å². The Morgan fingerprint density at radius 2 is 0.940 bits per heavy atom. The van der Waals surface area contributed by atoms with Crippen molar-refractivity contribution < 1.29 is 52.6 Å². The van der Waals surface area contributed by atoms with Crippen LogP contribution < -0.4 is 0 Å². The van der Waals surface area contributed by atoms with Gasteiger partial charge in [-0.2, -0.15) is 0 Å². The van der Waals surface area contributed by atoms with E-state index in [4.69, 9.17) is 23.7 Å².